The first-order valence-electron chi connectivity index (χ1n) is 5.40. The highest BCUT2D eigenvalue weighted by Gasteiger charge is 2.07. The quantitative estimate of drug-likeness (QED) is 0.731. The number of nitrogens with zero attached hydrogens (tertiary/aromatic N) is 1. The van der Waals surface area contributed by atoms with Gasteiger partial charge in [-0.25, -0.2) is 4.98 Å². The topological polar surface area (TPSA) is 94.0 Å². The number of aromatic nitrogens is 1. The lowest BCUT2D eigenvalue weighted by Crippen LogP contribution is -2.14. The molecule has 6 heteroatoms. The summed E-state index contributed by atoms with van der Waals surface area (Å²) in [5.74, 6) is -0.523. The van der Waals surface area contributed by atoms with Gasteiger partial charge < -0.3 is 16.8 Å². The monoisotopic (exact) mass is 262 g/mol. The number of nitrogens with one attached hydrogen (secondary N) is 1. The van der Waals surface area contributed by atoms with E-state index in [4.69, 9.17) is 11.5 Å². The van der Waals surface area contributed by atoms with Gasteiger partial charge in [-0.3, -0.25) is 4.79 Å². The number of primary amides is 1. The van der Waals surface area contributed by atoms with E-state index in [1.165, 1.54) is 0 Å². The summed E-state index contributed by atoms with van der Waals surface area (Å²) in [4.78, 5) is 16.5. The Balaban J connectivity index is 2.13. The molecule has 1 aromatic carbocycles. The Morgan fingerprint density at radius 3 is 2.89 bits per heavy atom. The zero-order valence-corrected chi connectivity index (χ0v) is 10.8. The number of anilines is 2. The number of nitrogens with two attached hydrogens (primary N) is 2. The second-order valence-electron chi connectivity index (χ2n) is 3.88. The number of amides is 1. The Labute approximate surface area is 109 Å². The predicted molar refractivity (Wildman–Crippen MR) is 73.6 cm³/mol. The molecule has 0 saturated carbocycles. The van der Waals surface area contributed by atoms with Gasteiger partial charge in [0.05, 0.1) is 23.3 Å². The van der Waals surface area contributed by atoms with Gasteiger partial charge in [0.2, 0.25) is 0 Å². The highest BCUT2D eigenvalue weighted by molar-refractivity contribution is 7.09. The van der Waals surface area contributed by atoms with E-state index in [1.54, 1.807) is 23.5 Å². The van der Waals surface area contributed by atoms with Crippen LogP contribution in [0.3, 0.4) is 0 Å². The number of hydrogen-bond donors (Lipinski definition) is 3. The van der Waals surface area contributed by atoms with Crippen LogP contribution in [0.5, 0.6) is 0 Å². The normalized spacial score (nSPS) is 10.3. The largest absolute Gasteiger partial charge is 0.398 e. The van der Waals surface area contributed by atoms with Gasteiger partial charge in [-0.05, 0) is 25.1 Å². The number of benzene rings is 1. The SMILES string of the molecule is Cc1ncsc1CNc1ccc(N)c(C(N)=O)c1. The molecule has 0 aliphatic carbocycles. The smallest absolute Gasteiger partial charge is 0.250 e. The number of rotatable bonds is 4. The van der Waals surface area contributed by atoms with E-state index in [9.17, 15) is 4.79 Å². The molecule has 0 aliphatic rings. The number of thiazole rings is 1. The Morgan fingerprint density at radius 2 is 2.28 bits per heavy atom. The van der Waals surface area contributed by atoms with E-state index in [1.807, 2.05) is 18.5 Å². The number of aryl methyl sites for hydroxylation is 1. The molecule has 2 aromatic rings. The summed E-state index contributed by atoms with van der Waals surface area (Å²) in [6.07, 6.45) is 0. The van der Waals surface area contributed by atoms with Gasteiger partial charge in [-0.2, -0.15) is 0 Å². The molecule has 0 bridgehead atoms. The van der Waals surface area contributed by atoms with Crippen molar-refractivity contribution in [3.05, 3.63) is 39.8 Å². The van der Waals surface area contributed by atoms with Crippen molar-refractivity contribution in [3.63, 3.8) is 0 Å². The van der Waals surface area contributed by atoms with Crippen LogP contribution in [0.1, 0.15) is 20.9 Å². The Kier molecular flexibility index (Phi) is 3.47. The minimum atomic E-state index is -0.523. The van der Waals surface area contributed by atoms with Crippen molar-refractivity contribution in [3.8, 4) is 0 Å². The highest BCUT2D eigenvalue weighted by atomic mass is 32.1. The summed E-state index contributed by atoms with van der Waals surface area (Å²) in [5, 5.41) is 3.22. The maximum Gasteiger partial charge on any atom is 0.250 e. The molecule has 0 spiro atoms. The van der Waals surface area contributed by atoms with Crippen molar-refractivity contribution in [1.29, 1.82) is 0 Å². The average molecular weight is 262 g/mol. The summed E-state index contributed by atoms with van der Waals surface area (Å²) >= 11 is 1.59. The number of carbonyl (C=O) groups is 1. The van der Waals surface area contributed by atoms with Crippen molar-refractivity contribution in [2.75, 3.05) is 11.1 Å². The summed E-state index contributed by atoms with van der Waals surface area (Å²) in [6.45, 7) is 2.63. The summed E-state index contributed by atoms with van der Waals surface area (Å²) in [6, 6.07) is 5.15. The minimum absolute atomic E-state index is 0.334. The van der Waals surface area contributed by atoms with Gasteiger partial charge in [0.25, 0.3) is 5.91 Å². The van der Waals surface area contributed by atoms with Crippen molar-refractivity contribution in [1.82, 2.24) is 4.98 Å². The van der Waals surface area contributed by atoms with E-state index in [-0.39, 0.29) is 0 Å². The van der Waals surface area contributed by atoms with Gasteiger partial charge >= 0.3 is 0 Å². The molecule has 0 atom stereocenters. The summed E-state index contributed by atoms with van der Waals surface area (Å²) in [5.41, 5.74) is 15.3. The lowest BCUT2D eigenvalue weighted by molar-refractivity contribution is 0.100. The van der Waals surface area contributed by atoms with Crippen LogP contribution >= 0.6 is 11.3 Å². The molecule has 94 valence electrons. The third-order valence-electron chi connectivity index (χ3n) is 2.62. The van der Waals surface area contributed by atoms with Crippen LogP contribution in [0.4, 0.5) is 11.4 Å². The third kappa shape index (κ3) is 2.60. The molecule has 0 aliphatic heterocycles. The Bertz CT molecular complexity index is 579. The zero-order valence-electron chi connectivity index (χ0n) is 9.93. The van der Waals surface area contributed by atoms with Crippen molar-refractivity contribution >= 4 is 28.6 Å². The number of nitrogen functional groups attached to an aromatic ring is 1. The van der Waals surface area contributed by atoms with Crippen LogP contribution in [0, 0.1) is 6.92 Å². The highest BCUT2D eigenvalue weighted by Crippen LogP contribution is 2.19. The van der Waals surface area contributed by atoms with Gasteiger partial charge in [-0.1, -0.05) is 0 Å². The Morgan fingerprint density at radius 1 is 1.50 bits per heavy atom. The molecule has 2 rings (SSSR count). The summed E-state index contributed by atoms with van der Waals surface area (Å²) < 4.78 is 0. The first-order chi connectivity index (χ1) is 8.58. The molecule has 18 heavy (non-hydrogen) atoms. The minimum Gasteiger partial charge on any atom is -0.398 e. The van der Waals surface area contributed by atoms with Crippen molar-refractivity contribution in [2.45, 2.75) is 13.5 Å². The maximum atomic E-state index is 11.2. The fraction of sp³-hybridized carbons (Fsp3) is 0.167. The molecule has 0 saturated heterocycles. The predicted octanol–water partition coefficient (Wildman–Crippen LogP) is 1.74. The fourth-order valence-corrected chi connectivity index (χ4v) is 2.27. The van der Waals surface area contributed by atoms with Gasteiger partial charge in [0.1, 0.15) is 0 Å². The van der Waals surface area contributed by atoms with Crippen molar-refractivity contribution in [2.24, 2.45) is 5.73 Å². The molecule has 0 radical (unpaired) electrons. The van der Waals surface area contributed by atoms with Crippen LogP contribution in [0.15, 0.2) is 23.7 Å². The molecule has 0 fully saturated rings. The van der Waals surface area contributed by atoms with Crippen LogP contribution in [0.25, 0.3) is 0 Å². The standard InChI is InChI=1S/C12H14N4OS/c1-7-11(18-6-16-7)5-15-8-2-3-10(13)9(4-8)12(14)17/h2-4,6,15H,5,13H2,1H3,(H2,14,17). The third-order valence-corrected chi connectivity index (χ3v) is 3.55. The van der Waals surface area contributed by atoms with E-state index in [2.05, 4.69) is 10.3 Å². The zero-order chi connectivity index (χ0) is 13.1. The first-order valence-corrected chi connectivity index (χ1v) is 6.28. The van der Waals surface area contributed by atoms with Gasteiger partial charge in [-0.15, -0.1) is 11.3 Å². The second kappa shape index (κ2) is 5.05. The Hall–Kier alpha value is -2.08. The first kappa shape index (κ1) is 12.4. The summed E-state index contributed by atoms with van der Waals surface area (Å²) in [7, 11) is 0. The van der Waals surface area contributed by atoms with Crippen LogP contribution in [0.2, 0.25) is 0 Å². The van der Waals surface area contributed by atoms with Crippen LogP contribution in [-0.2, 0) is 6.54 Å². The van der Waals surface area contributed by atoms with Gasteiger partial charge in [0, 0.05) is 16.3 Å². The van der Waals surface area contributed by atoms with E-state index in [0.717, 1.165) is 16.3 Å². The van der Waals surface area contributed by atoms with E-state index < -0.39 is 5.91 Å². The number of hydrogen-bond acceptors (Lipinski definition) is 5. The fourth-order valence-electron chi connectivity index (χ4n) is 1.56. The van der Waals surface area contributed by atoms with Crippen LogP contribution in [-0.4, -0.2) is 10.9 Å². The molecule has 1 heterocycles. The lowest BCUT2D eigenvalue weighted by Gasteiger charge is -2.08. The molecule has 1 amide bonds. The molecule has 0 unspecified atom stereocenters. The lowest BCUT2D eigenvalue weighted by atomic mass is 10.1. The molecule has 5 N–H and O–H groups in total. The maximum absolute atomic E-state index is 11.2. The number of carbonyl (C=O) groups excluding carboxylic acids is 1. The molecule has 5 nitrogen and oxygen atoms in total. The van der Waals surface area contributed by atoms with E-state index in [0.29, 0.717) is 17.8 Å². The van der Waals surface area contributed by atoms with Crippen LogP contribution < -0.4 is 16.8 Å². The average Bonchev–Trinajstić information content (AvgIpc) is 2.73. The molecular formula is C12H14N4OS. The second-order valence-corrected chi connectivity index (χ2v) is 4.82. The molecule has 1 aromatic heterocycles. The van der Waals surface area contributed by atoms with E-state index >= 15 is 0 Å². The molecular weight excluding hydrogens is 248 g/mol. The van der Waals surface area contributed by atoms with Gasteiger partial charge in [0.15, 0.2) is 0 Å². The van der Waals surface area contributed by atoms with Crippen molar-refractivity contribution < 1.29 is 4.79 Å².